The molecule has 1 saturated heterocycles. The molecule has 3 heterocycles. The van der Waals surface area contributed by atoms with Crippen molar-refractivity contribution in [2.24, 2.45) is 5.41 Å². The summed E-state index contributed by atoms with van der Waals surface area (Å²) in [5, 5.41) is 20.5. The lowest BCUT2D eigenvalue weighted by Gasteiger charge is -2.32. The first-order valence-electron chi connectivity index (χ1n) is 14.9. The zero-order chi connectivity index (χ0) is 32.5. The Hall–Kier alpha value is -2.74. The van der Waals surface area contributed by atoms with E-state index in [4.69, 9.17) is 26.1 Å². The van der Waals surface area contributed by atoms with Crippen molar-refractivity contribution in [1.29, 1.82) is 5.26 Å². The molecule has 2 aromatic heterocycles. The van der Waals surface area contributed by atoms with Gasteiger partial charge in [-0.3, -0.25) is 0 Å². The minimum absolute atomic E-state index is 0.0564. The molecule has 11 nitrogen and oxygen atoms in total. The second kappa shape index (κ2) is 15.7. The zero-order valence-corrected chi connectivity index (χ0v) is 26.6. The number of hydrogen-bond donors (Lipinski definition) is 4. The summed E-state index contributed by atoms with van der Waals surface area (Å²) in [7, 11) is -5.36. The van der Waals surface area contributed by atoms with Gasteiger partial charge in [0.15, 0.2) is 0 Å². The minimum atomic E-state index is -5.36. The van der Waals surface area contributed by atoms with Crippen LogP contribution in [0.5, 0.6) is 0 Å². The van der Waals surface area contributed by atoms with Gasteiger partial charge in [-0.15, -0.1) is 0 Å². The van der Waals surface area contributed by atoms with Gasteiger partial charge in [0.05, 0.1) is 35.4 Å². The largest absolute Gasteiger partial charge is 0.511 e. The van der Waals surface area contributed by atoms with E-state index in [2.05, 4.69) is 27.0 Å². The van der Waals surface area contributed by atoms with Gasteiger partial charge < -0.3 is 25.4 Å². The van der Waals surface area contributed by atoms with Gasteiger partial charge in [-0.05, 0) is 63.6 Å². The fraction of sp³-hybridized carbons (Fsp3) is 0.621. The first-order valence-corrected chi connectivity index (χ1v) is 16.8. The predicted molar refractivity (Wildman–Crippen MR) is 165 cm³/mol. The highest BCUT2D eigenvalue weighted by molar-refractivity contribution is 7.90. The summed E-state index contributed by atoms with van der Waals surface area (Å²) >= 11 is 6.53. The molecular formula is C29H39ClF3N7O4S. The summed E-state index contributed by atoms with van der Waals surface area (Å²) in [6.07, 6.45) is 6.56. The molecule has 16 heteroatoms. The molecule has 0 spiro atoms. The molecule has 0 unspecified atom stereocenters. The Morgan fingerprint density at radius 3 is 2.58 bits per heavy atom. The Labute approximate surface area is 266 Å². The number of nitrogens with one attached hydrogen (secondary N) is 4. The molecule has 1 aliphatic heterocycles. The number of alkyl halides is 3. The van der Waals surface area contributed by atoms with Crippen LogP contribution in [-0.2, 0) is 19.5 Å². The quantitative estimate of drug-likeness (QED) is 0.208. The van der Waals surface area contributed by atoms with E-state index in [1.54, 1.807) is 6.20 Å². The lowest BCUT2D eigenvalue weighted by atomic mass is 9.82. The molecule has 2 aromatic rings. The highest BCUT2D eigenvalue weighted by atomic mass is 35.5. The third-order valence-electron chi connectivity index (χ3n) is 7.99. The smallest absolute Gasteiger partial charge is 0.381 e. The normalized spacial score (nSPS) is 21.1. The van der Waals surface area contributed by atoms with Crippen molar-refractivity contribution >= 4 is 33.3 Å². The molecule has 2 aliphatic rings. The number of aromatic nitrogens is 2. The van der Waals surface area contributed by atoms with Gasteiger partial charge in [0, 0.05) is 56.2 Å². The SMILES string of the molecule is C[C@@H](COCCNS(=O)(=O)C(F)(F)F)N[C@H]1CC[C@H](Nc2cc(-c3cccc(NCC4(C#N)CCOCC4)n3)c(Cl)cn2)CC1. The molecular weight excluding hydrogens is 635 g/mol. The van der Waals surface area contributed by atoms with E-state index >= 15 is 0 Å². The van der Waals surface area contributed by atoms with E-state index in [0.717, 1.165) is 31.2 Å². The number of hydrogen-bond acceptors (Lipinski definition) is 10. The molecule has 1 aliphatic carbocycles. The molecule has 4 rings (SSSR count). The van der Waals surface area contributed by atoms with Crippen LogP contribution in [0.2, 0.25) is 5.02 Å². The Kier molecular flexibility index (Phi) is 12.3. The molecule has 248 valence electrons. The van der Waals surface area contributed by atoms with Gasteiger partial charge in [-0.25, -0.2) is 23.1 Å². The number of rotatable bonds is 14. The van der Waals surface area contributed by atoms with Crippen molar-refractivity contribution in [3.05, 3.63) is 35.5 Å². The topological polar surface area (TPSA) is 150 Å². The van der Waals surface area contributed by atoms with E-state index in [1.165, 1.54) is 4.72 Å². The third kappa shape index (κ3) is 10.1. The Bertz CT molecular complexity index is 1410. The van der Waals surface area contributed by atoms with Crippen LogP contribution in [0.1, 0.15) is 45.4 Å². The second-order valence-electron chi connectivity index (χ2n) is 11.5. The molecule has 4 N–H and O–H groups in total. The number of halogens is 4. The van der Waals surface area contributed by atoms with E-state index in [1.807, 2.05) is 31.2 Å². The van der Waals surface area contributed by atoms with Gasteiger partial charge in [0.25, 0.3) is 0 Å². The van der Waals surface area contributed by atoms with Crippen LogP contribution < -0.4 is 20.7 Å². The van der Waals surface area contributed by atoms with E-state index < -0.39 is 27.5 Å². The van der Waals surface area contributed by atoms with Gasteiger partial charge in [0.2, 0.25) is 0 Å². The first-order chi connectivity index (χ1) is 21.4. The molecule has 0 aromatic carbocycles. The third-order valence-corrected chi connectivity index (χ3v) is 9.48. The molecule has 0 radical (unpaired) electrons. The highest BCUT2D eigenvalue weighted by Gasteiger charge is 2.45. The maximum Gasteiger partial charge on any atom is 0.511 e. The summed E-state index contributed by atoms with van der Waals surface area (Å²) in [4.78, 5) is 9.22. The Morgan fingerprint density at radius 1 is 1.18 bits per heavy atom. The number of ether oxygens (including phenoxy) is 2. The summed E-state index contributed by atoms with van der Waals surface area (Å²) in [5.41, 5.74) is -4.38. The van der Waals surface area contributed by atoms with Crippen LogP contribution >= 0.6 is 11.6 Å². The summed E-state index contributed by atoms with van der Waals surface area (Å²) < 4.78 is 71.4. The van der Waals surface area contributed by atoms with Gasteiger partial charge in [-0.1, -0.05) is 17.7 Å². The Morgan fingerprint density at radius 2 is 1.89 bits per heavy atom. The van der Waals surface area contributed by atoms with Gasteiger partial charge >= 0.3 is 15.5 Å². The zero-order valence-electron chi connectivity index (χ0n) is 25.0. The molecule has 1 atom stereocenters. The van der Waals surface area contributed by atoms with Crippen molar-refractivity contribution < 1.29 is 31.1 Å². The second-order valence-corrected chi connectivity index (χ2v) is 13.7. The summed E-state index contributed by atoms with van der Waals surface area (Å²) in [6.45, 7) is 3.17. The van der Waals surface area contributed by atoms with Crippen molar-refractivity contribution in [1.82, 2.24) is 20.0 Å². The maximum atomic E-state index is 12.4. The number of pyridine rings is 2. The predicted octanol–water partition coefficient (Wildman–Crippen LogP) is 4.69. The average molecular weight is 674 g/mol. The first kappa shape index (κ1) is 35.1. The maximum absolute atomic E-state index is 12.4. The number of nitriles is 1. The van der Waals surface area contributed by atoms with Crippen molar-refractivity contribution in [3.63, 3.8) is 0 Å². The minimum Gasteiger partial charge on any atom is -0.381 e. The van der Waals surface area contributed by atoms with Crippen LogP contribution in [0.15, 0.2) is 30.5 Å². The van der Waals surface area contributed by atoms with Crippen molar-refractivity contribution in [2.75, 3.05) is 50.2 Å². The van der Waals surface area contributed by atoms with Crippen molar-refractivity contribution in [3.8, 4) is 17.3 Å². The average Bonchev–Trinajstić information content (AvgIpc) is 3.02. The molecule has 0 amide bonds. The van der Waals surface area contributed by atoms with E-state index in [-0.39, 0.29) is 31.3 Å². The molecule has 2 fully saturated rings. The number of anilines is 2. The van der Waals surface area contributed by atoms with E-state index in [9.17, 15) is 26.9 Å². The van der Waals surface area contributed by atoms with E-state index in [0.29, 0.717) is 55.0 Å². The summed E-state index contributed by atoms with van der Waals surface area (Å²) in [5.74, 6) is 1.35. The van der Waals surface area contributed by atoms with Crippen LogP contribution in [0.3, 0.4) is 0 Å². The Balaban J connectivity index is 1.22. The molecule has 1 saturated carbocycles. The van der Waals surface area contributed by atoms with Gasteiger partial charge in [0.1, 0.15) is 11.6 Å². The highest BCUT2D eigenvalue weighted by Crippen LogP contribution is 2.32. The summed E-state index contributed by atoms with van der Waals surface area (Å²) in [6, 6.07) is 10.4. The fourth-order valence-corrected chi connectivity index (χ4v) is 6.12. The molecule has 45 heavy (non-hydrogen) atoms. The van der Waals surface area contributed by atoms with Crippen LogP contribution in [0.25, 0.3) is 11.3 Å². The monoisotopic (exact) mass is 673 g/mol. The van der Waals surface area contributed by atoms with Crippen LogP contribution in [0, 0.1) is 16.7 Å². The lowest BCUT2D eigenvalue weighted by molar-refractivity contribution is -0.0449. The van der Waals surface area contributed by atoms with Gasteiger partial charge in [-0.2, -0.15) is 18.4 Å². The standard InChI is InChI=1S/C29H39ClF3N7O4S/c1-20(17-44-14-11-37-45(41,42)29(31,32)33)38-21-5-7-22(8-6-21)39-27-15-23(24(30)16-35-27)25-3-2-4-26(40-25)36-19-28(18-34)9-12-43-13-10-28/h2-4,15-16,20-22,37-38H,5-14,17,19H2,1H3,(H,35,39)(H,36,40)/t20-,21-,22-/m0/s1. The van der Waals surface area contributed by atoms with Crippen LogP contribution in [0.4, 0.5) is 24.8 Å². The molecule has 0 bridgehead atoms. The van der Waals surface area contributed by atoms with Crippen molar-refractivity contribution in [2.45, 2.75) is 69.1 Å². The van der Waals surface area contributed by atoms with Crippen LogP contribution in [-0.4, -0.2) is 81.5 Å². The lowest BCUT2D eigenvalue weighted by Crippen LogP contribution is -2.43. The number of sulfonamides is 1. The fourth-order valence-electron chi connectivity index (χ4n) is 5.40. The number of nitrogens with zero attached hydrogens (tertiary/aromatic N) is 3.